The number of nitriles is 1. The van der Waals surface area contributed by atoms with Gasteiger partial charge in [0.05, 0.1) is 17.3 Å². The van der Waals surface area contributed by atoms with Gasteiger partial charge in [0, 0.05) is 5.56 Å². The Bertz CT molecular complexity index is 1340. The van der Waals surface area contributed by atoms with Crippen molar-refractivity contribution in [3.8, 4) is 23.1 Å². The monoisotopic (exact) mass is 427 g/mol. The Hall–Kier alpha value is -4.85. The maximum absolute atomic E-state index is 12.9. The molecule has 0 atom stereocenters. The summed E-state index contributed by atoms with van der Waals surface area (Å²) in [5.74, 6) is -0.455. The lowest BCUT2D eigenvalue weighted by Crippen LogP contribution is -2.21. The summed E-state index contributed by atoms with van der Waals surface area (Å²) in [6.45, 7) is 3.69. The molecule has 4 aromatic rings. The third-order valence-electron chi connectivity index (χ3n) is 4.66. The van der Waals surface area contributed by atoms with Crippen LogP contribution < -0.4 is 11.2 Å². The Kier molecular flexibility index (Phi) is 5.42. The first-order valence-corrected chi connectivity index (χ1v) is 9.44. The molecule has 3 N–H and O–H groups in total. The largest absolute Gasteiger partial charge is 0.378 e. The maximum Gasteiger partial charge on any atom is 0.294 e. The highest BCUT2D eigenvalue weighted by molar-refractivity contribution is 6.02. The molecule has 0 saturated heterocycles. The Morgan fingerprint density at radius 1 is 1.16 bits per heavy atom. The van der Waals surface area contributed by atoms with E-state index in [2.05, 4.69) is 41.9 Å². The van der Waals surface area contributed by atoms with Gasteiger partial charge in [-0.3, -0.25) is 4.79 Å². The second-order valence-electron chi connectivity index (χ2n) is 6.86. The number of nitrogens with one attached hydrogen (secondary N) is 1. The number of nitrogens with two attached hydrogens (primary N) is 1. The Morgan fingerprint density at radius 2 is 1.88 bits per heavy atom. The summed E-state index contributed by atoms with van der Waals surface area (Å²) < 4.78 is 5.96. The maximum atomic E-state index is 12.9. The van der Waals surface area contributed by atoms with Gasteiger partial charge in [0.2, 0.25) is 11.6 Å². The number of hydrogen-bond donors (Lipinski definition) is 2. The summed E-state index contributed by atoms with van der Waals surface area (Å²) in [7, 11) is 0. The van der Waals surface area contributed by atoms with E-state index in [1.165, 1.54) is 4.68 Å². The van der Waals surface area contributed by atoms with Gasteiger partial charge >= 0.3 is 0 Å². The molecule has 2 heterocycles. The highest BCUT2D eigenvalue weighted by Crippen LogP contribution is 2.26. The molecule has 11 heteroatoms. The van der Waals surface area contributed by atoms with Crippen molar-refractivity contribution in [1.29, 1.82) is 5.26 Å². The highest BCUT2D eigenvalue weighted by Gasteiger charge is 2.25. The number of nitrogens with zero attached hydrogens (tertiary/aromatic N) is 7. The van der Waals surface area contributed by atoms with Crippen molar-refractivity contribution in [2.75, 3.05) is 5.73 Å². The predicted molar refractivity (Wildman–Crippen MR) is 115 cm³/mol. The van der Waals surface area contributed by atoms with E-state index < -0.39 is 5.91 Å². The number of benzene rings is 2. The fraction of sp³-hybridized carbons (Fsp3) is 0.0952. The van der Waals surface area contributed by atoms with E-state index in [9.17, 15) is 4.79 Å². The molecule has 11 nitrogen and oxygen atoms in total. The highest BCUT2D eigenvalue weighted by atomic mass is 16.6. The number of nitrogen functional groups attached to an aromatic ring is 1. The van der Waals surface area contributed by atoms with E-state index >= 15 is 0 Å². The molecule has 0 spiro atoms. The Balaban J connectivity index is 1.69. The standard InChI is InChI=1S/C21H17N9O2/c1-12-3-7-16(8-4-12)18-17(25-29-30(18)20-19(23)27-32-28-20)21(31)26-24-13(2)15-9-5-14(11-22)6-10-15/h3-10H,1-2H3,(H2,23,27)(H,26,31)/b24-13-. The van der Waals surface area contributed by atoms with Crippen molar-refractivity contribution < 1.29 is 9.42 Å². The average molecular weight is 427 g/mol. The summed E-state index contributed by atoms with van der Waals surface area (Å²) in [4.78, 5) is 12.9. The molecule has 0 aliphatic carbocycles. The average Bonchev–Trinajstić information content (AvgIpc) is 3.43. The van der Waals surface area contributed by atoms with Gasteiger partial charge in [0.15, 0.2) is 5.69 Å². The van der Waals surface area contributed by atoms with Crippen molar-refractivity contribution in [1.82, 2.24) is 30.7 Å². The molecule has 2 aromatic heterocycles. The molecule has 2 aromatic carbocycles. The van der Waals surface area contributed by atoms with Crippen LogP contribution in [-0.4, -0.2) is 36.9 Å². The quantitative estimate of drug-likeness (QED) is 0.362. The minimum atomic E-state index is -0.574. The van der Waals surface area contributed by atoms with E-state index in [0.717, 1.165) is 11.1 Å². The fourth-order valence-corrected chi connectivity index (χ4v) is 2.93. The number of aryl methyl sites for hydroxylation is 1. The van der Waals surface area contributed by atoms with Gasteiger partial charge < -0.3 is 5.73 Å². The molecule has 4 rings (SSSR count). The van der Waals surface area contributed by atoms with Crippen LogP contribution in [0.1, 0.15) is 34.1 Å². The van der Waals surface area contributed by atoms with Gasteiger partial charge in [-0.05, 0) is 41.9 Å². The molecular weight excluding hydrogens is 410 g/mol. The fourth-order valence-electron chi connectivity index (χ4n) is 2.93. The lowest BCUT2D eigenvalue weighted by Gasteiger charge is -2.07. The molecule has 0 radical (unpaired) electrons. The number of amides is 1. The van der Waals surface area contributed by atoms with Crippen LogP contribution in [-0.2, 0) is 0 Å². The predicted octanol–water partition coefficient (Wildman–Crippen LogP) is 2.23. The second kappa shape index (κ2) is 8.49. The molecule has 0 aliphatic rings. The molecule has 32 heavy (non-hydrogen) atoms. The molecule has 0 fully saturated rings. The molecular formula is C21H17N9O2. The van der Waals surface area contributed by atoms with Crippen LogP contribution in [0.2, 0.25) is 0 Å². The number of hydrazone groups is 1. The molecule has 158 valence electrons. The van der Waals surface area contributed by atoms with Crippen molar-refractivity contribution >= 4 is 17.4 Å². The zero-order chi connectivity index (χ0) is 22.7. The number of anilines is 1. The zero-order valence-corrected chi connectivity index (χ0v) is 17.1. The second-order valence-corrected chi connectivity index (χ2v) is 6.86. The van der Waals surface area contributed by atoms with Crippen molar-refractivity contribution in [2.24, 2.45) is 5.10 Å². The lowest BCUT2D eigenvalue weighted by molar-refractivity contribution is 0.0950. The van der Waals surface area contributed by atoms with Crippen LogP contribution in [0.25, 0.3) is 17.1 Å². The minimum Gasteiger partial charge on any atom is -0.378 e. The first-order valence-electron chi connectivity index (χ1n) is 9.44. The normalized spacial score (nSPS) is 11.2. The van der Waals surface area contributed by atoms with Crippen molar-refractivity contribution in [3.63, 3.8) is 0 Å². The summed E-state index contributed by atoms with van der Waals surface area (Å²) in [6, 6.07) is 16.3. The number of carbonyl (C=O) groups excluding carboxylic acids is 1. The molecule has 0 aliphatic heterocycles. The van der Waals surface area contributed by atoms with Crippen LogP contribution in [0, 0.1) is 18.3 Å². The van der Waals surface area contributed by atoms with E-state index in [-0.39, 0.29) is 17.3 Å². The smallest absolute Gasteiger partial charge is 0.294 e. The number of hydrogen-bond acceptors (Lipinski definition) is 9. The van der Waals surface area contributed by atoms with Crippen LogP contribution in [0.3, 0.4) is 0 Å². The molecule has 1 amide bonds. The van der Waals surface area contributed by atoms with Gasteiger partial charge in [-0.1, -0.05) is 47.2 Å². The van der Waals surface area contributed by atoms with Crippen LogP contribution in [0.15, 0.2) is 58.3 Å². The van der Waals surface area contributed by atoms with Gasteiger partial charge in [0.25, 0.3) is 5.91 Å². The van der Waals surface area contributed by atoms with E-state index in [1.807, 2.05) is 31.2 Å². The SMILES string of the molecule is C/C(=N/NC(=O)c1nnn(-c2nonc2N)c1-c1ccc(C)cc1)c1ccc(C#N)cc1. The summed E-state index contributed by atoms with van der Waals surface area (Å²) in [6.07, 6.45) is 0. The van der Waals surface area contributed by atoms with Gasteiger partial charge in [0.1, 0.15) is 5.69 Å². The van der Waals surface area contributed by atoms with Gasteiger partial charge in [-0.15, -0.1) is 5.10 Å². The van der Waals surface area contributed by atoms with E-state index in [4.69, 9.17) is 11.0 Å². The van der Waals surface area contributed by atoms with Gasteiger partial charge in [-0.2, -0.15) is 15.0 Å². The van der Waals surface area contributed by atoms with E-state index in [1.54, 1.807) is 31.2 Å². The van der Waals surface area contributed by atoms with Crippen molar-refractivity contribution in [2.45, 2.75) is 13.8 Å². The molecule has 0 bridgehead atoms. The lowest BCUT2D eigenvalue weighted by atomic mass is 10.1. The summed E-state index contributed by atoms with van der Waals surface area (Å²) in [5, 5.41) is 28.4. The van der Waals surface area contributed by atoms with Crippen LogP contribution in [0.5, 0.6) is 0 Å². The number of rotatable bonds is 5. The summed E-state index contributed by atoms with van der Waals surface area (Å²) in [5.41, 5.74) is 12.2. The zero-order valence-electron chi connectivity index (χ0n) is 17.1. The summed E-state index contributed by atoms with van der Waals surface area (Å²) >= 11 is 0. The van der Waals surface area contributed by atoms with Crippen molar-refractivity contribution in [3.05, 3.63) is 70.9 Å². The minimum absolute atomic E-state index is 0.00454. The number of aromatic nitrogens is 5. The topological polar surface area (TPSA) is 161 Å². The van der Waals surface area contributed by atoms with Gasteiger partial charge in [-0.25, -0.2) is 10.1 Å². The third-order valence-corrected chi connectivity index (χ3v) is 4.66. The number of carbonyl (C=O) groups is 1. The van der Waals surface area contributed by atoms with Crippen LogP contribution in [0.4, 0.5) is 5.82 Å². The molecule has 0 saturated carbocycles. The molecule has 0 unspecified atom stereocenters. The first-order chi connectivity index (χ1) is 15.5. The first kappa shape index (κ1) is 20.4. The Labute approximate surface area is 182 Å². The Morgan fingerprint density at radius 3 is 2.50 bits per heavy atom. The van der Waals surface area contributed by atoms with Crippen LogP contribution >= 0.6 is 0 Å². The van der Waals surface area contributed by atoms with E-state index in [0.29, 0.717) is 22.5 Å². The third kappa shape index (κ3) is 3.92.